The van der Waals surface area contributed by atoms with E-state index in [1.54, 1.807) is 0 Å². The van der Waals surface area contributed by atoms with Crippen molar-refractivity contribution in [3.05, 3.63) is 133 Å². The molecule has 0 aliphatic heterocycles. The molecule has 0 spiro atoms. The molecule has 0 radical (unpaired) electrons. The first kappa shape index (κ1) is 23.2. The maximum absolute atomic E-state index is 10.4. The molecule has 0 amide bonds. The lowest BCUT2D eigenvalue weighted by Crippen LogP contribution is -1.92. The van der Waals surface area contributed by atoms with Crippen LogP contribution in [0.4, 0.5) is 0 Å². The molecule has 1 nitrogen and oxygen atoms in total. The summed E-state index contributed by atoms with van der Waals surface area (Å²) in [4.78, 5) is 0. The van der Waals surface area contributed by atoms with Gasteiger partial charge in [0.05, 0.1) is 11.6 Å². The minimum Gasteiger partial charge on any atom is -0.192 e. The van der Waals surface area contributed by atoms with E-state index in [-0.39, 0.29) is 0 Å². The highest BCUT2D eigenvalue weighted by Crippen LogP contribution is 2.43. The maximum Gasteiger partial charge on any atom is 0.0998 e. The zero-order valence-corrected chi connectivity index (χ0v) is 23.0. The Hall–Kier alpha value is -4.75. The van der Waals surface area contributed by atoms with E-state index in [1.165, 1.54) is 40.3 Å². The Balaban J connectivity index is 1.38. The number of thiophene rings is 2. The van der Waals surface area contributed by atoms with Crippen LogP contribution in [0, 0.1) is 11.3 Å². The van der Waals surface area contributed by atoms with E-state index in [0.29, 0.717) is 5.56 Å². The summed E-state index contributed by atoms with van der Waals surface area (Å²) in [7, 11) is 0. The first-order valence-corrected chi connectivity index (χ1v) is 14.9. The molecule has 8 aromatic rings. The lowest BCUT2D eigenvalue weighted by Gasteiger charge is -2.15. The van der Waals surface area contributed by atoms with Crippen LogP contribution < -0.4 is 0 Å². The molecular weight excluding hydrogens is 523 g/mol. The average Bonchev–Trinajstić information content (AvgIpc) is 3.58. The van der Waals surface area contributed by atoms with E-state index >= 15 is 0 Å². The summed E-state index contributed by atoms with van der Waals surface area (Å²) in [5.74, 6) is 0. The van der Waals surface area contributed by atoms with E-state index in [1.807, 2.05) is 28.7 Å². The number of nitriles is 1. The van der Waals surface area contributed by atoms with Gasteiger partial charge in [0.25, 0.3) is 0 Å². The SMILES string of the molecule is N#Cc1cc(-c2ccc3sc4ccccc4c3c2)c(-c2ccccc2)cc1-c1ccc2sc3ccccc3c2c1. The van der Waals surface area contributed by atoms with Gasteiger partial charge >= 0.3 is 0 Å². The molecule has 40 heavy (non-hydrogen) atoms. The molecule has 0 unspecified atom stereocenters. The molecule has 8 rings (SSSR count). The molecule has 2 aromatic heterocycles. The third-order valence-corrected chi connectivity index (χ3v) is 10.0. The standard InChI is InChI=1S/C37H21NS2/c38-22-26-20-30(25-15-17-37-33(19-25)28-11-5-7-13-35(28)40-37)31(23-8-2-1-3-9-23)21-29(26)24-14-16-36-32(18-24)27-10-4-6-12-34(27)39-36/h1-21H. The van der Waals surface area contributed by atoms with Gasteiger partial charge in [-0.25, -0.2) is 0 Å². The molecule has 0 fully saturated rings. The zero-order chi connectivity index (χ0) is 26.6. The van der Waals surface area contributed by atoms with Gasteiger partial charge in [0.1, 0.15) is 0 Å². The number of hydrogen-bond acceptors (Lipinski definition) is 3. The molecule has 0 atom stereocenters. The molecule has 0 aliphatic rings. The summed E-state index contributed by atoms with van der Waals surface area (Å²) in [5.41, 5.74) is 7.18. The number of nitrogens with zero attached hydrogens (tertiary/aromatic N) is 1. The summed E-state index contributed by atoms with van der Waals surface area (Å²) < 4.78 is 5.12. The lowest BCUT2D eigenvalue weighted by atomic mass is 9.87. The first-order valence-electron chi connectivity index (χ1n) is 13.2. The predicted octanol–water partition coefficient (Wildman–Crippen LogP) is 11.3. The van der Waals surface area contributed by atoms with Crippen LogP contribution in [0.3, 0.4) is 0 Å². The van der Waals surface area contributed by atoms with Crippen LogP contribution in [0.5, 0.6) is 0 Å². The largest absolute Gasteiger partial charge is 0.192 e. The molecule has 0 saturated heterocycles. The van der Waals surface area contributed by atoms with Crippen LogP contribution in [0.2, 0.25) is 0 Å². The maximum atomic E-state index is 10.4. The van der Waals surface area contributed by atoms with Crippen molar-refractivity contribution in [2.24, 2.45) is 0 Å². The third-order valence-electron chi connectivity index (χ3n) is 7.74. The van der Waals surface area contributed by atoms with Crippen LogP contribution in [-0.4, -0.2) is 0 Å². The van der Waals surface area contributed by atoms with Crippen LogP contribution in [0.25, 0.3) is 73.7 Å². The summed E-state index contributed by atoms with van der Waals surface area (Å²) in [6, 6.07) is 47.8. The van der Waals surface area contributed by atoms with Gasteiger partial charge in [-0.3, -0.25) is 0 Å². The Morgan fingerprint density at radius 1 is 0.400 bits per heavy atom. The Morgan fingerprint density at radius 3 is 1.50 bits per heavy atom. The van der Waals surface area contributed by atoms with Crippen molar-refractivity contribution in [1.82, 2.24) is 0 Å². The average molecular weight is 544 g/mol. The van der Waals surface area contributed by atoms with Crippen LogP contribution >= 0.6 is 22.7 Å². The summed E-state index contributed by atoms with van der Waals surface area (Å²) in [6.45, 7) is 0. The van der Waals surface area contributed by atoms with Gasteiger partial charge in [0, 0.05) is 45.9 Å². The Morgan fingerprint density at radius 2 is 0.900 bits per heavy atom. The fourth-order valence-corrected chi connectivity index (χ4v) is 7.99. The lowest BCUT2D eigenvalue weighted by molar-refractivity contribution is 1.47. The van der Waals surface area contributed by atoms with Crippen LogP contribution in [0.1, 0.15) is 5.56 Å². The Bertz CT molecular complexity index is 2280. The monoisotopic (exact) mass is 543 g/mol. The number of rotatable bonds is 3. The van der Waals surface area contributed by atoms with Gasteiger partial charge in [0.15, 0.2) is 0 Å². The molecule has 186 valence electrons. The van der Waals surface area contributed by atoms with Crippen molar-refractivity contribution >= 4 is 63.0 Å². The Kier molecular flexibility index (Phi) is 5.31. The smallest absolute Gasteiger partial charge is 0.0998 e. The predicted molar refractivity (Wildman–Crippen MR) is 173 cm³/mol. The molecule has 0 aliphatic carbocycles. The molecule has 0 N–H and O–H groups in total. The molecule has 0 bridgehead atoms. The van der Waals surface area contributed by atoms with E-state index < -0.39 is 0 Å². The van der Waals surface area contributed by atoms with Crippen molar-refractivity contribution < 1.29 is 0 Å². The fourth-order valence-electron chi connectivity index (χ4n) is 5.81. The summed E-state index contributed by atoms with van der Waals surface area (Å²) >= 11 is 3.64. The van der Waals surface area contributed by atoms with Gasteiger partial charge in [-0.05, 0) is 76.3 Å². The number of hydrogen-bond donors (Lipinski definition) is 0. The number of fused-ring (bicyclic) bond motifs is 6. The second kappa shape index (κ2) is 9.17. The van der Waals surface area contributed by atoms with Crippen LogP contribution in [-0.2, 0) is 0 Å². The molecule has 3 heteroatoms. The second-order valence-electron chi connectivity index (χ2n) is 10.0. The van der Waals surface area contributed by atoms with E-state index in [4.69, 9.17) is 0 Å². The highest BCUT2D eigenvalue weighted by molar-refractivity contribution is 7.26. The third kappa shape index (κ3) is 3.66. The van der Waals surface area contributed by atoms with Gasteiger partial charge in [0.2, 0.25) is 0 Å². The van der Waals surface area contributed by atoms with E-state index in [0.717, 1.165) is 33.4 Å². The van der Waals surface area contributed by atoms with Crippen LogP contribution in [0.15, 0.2) is 127 Å². The van der Waals surface area contributed by atoms with Crippen molar-refractivity contribution in [2.45, 2.75) is 0 Å². The summed E-state index contributed by atoms with van der Waals surface area (Å²) in [6.07, 6.45) is 0. The topological polar surface area (TPSA) is 23.8 Å². The molecule has 6 aromatic carbocycles. The molecule has 2 heterocycles. The highest BCUT2D eigenvalue weighted by Gasteiger charge is 2.17. The second-order valence-corrected chi connectivity index (χ2v) is 12.2. The Labute approximate surface area is 239 Å². The van der Waals surface area contributed by atoms with E-state index in [2.05, 4.69) is 127 Å². The normalized spacial score (nSPS) is 11.5. The van der Waals surface area contributed by atoms with Crippen molar-refractivity contribution in [1.29, 1.82) is 5.26 Å². The number of benzene rings is 6. The van der Waals surface area contributed by atoms with Gasteiger partial charge in [-0.15, -0.1) is 22.7 Å². The van der Waals surface area contributed by atoms with E-state index in [9.17, 15) is 5.26 Å². The zero-order valence-electron chi connectivity index (χ0n) is 21.4. The van der Waals surface area contributed by atoms with Crippen molar-refractivity contribution in [3.63, 3.8) is 0 Å². The van der Waals surface area contributed by atoms with Gasteiger partial charge < -0.3 is 0 Å². The highest BCUT2D eigenvalue weighted by atomic mass is 32.1. The van der Waals surface area contributed by atoms with Gasteiger partial charge in [-0.1, -0.05) is 78.9 Å². The summed E-state index contributed by atoms with van der Waals surface area (Å²) in [5, 5.41) is 15.4. The van der Waals surface area contributed by atoms with Crippen molar-refractivity contribution in [2.75, 3.05) is 0 Å². The van der Waals surface area contributed by atoms with Crippen molar-refractivity contribution in [3.8, 4) is 39.4 Å². The van der Waals surface area contributed by atoms with Gasteiger partial charge in [-0.2, -0.15) is 5.26 Å². The minimum absolute atomic E-state index is 0.684. The fraction of sp³-hybridized carbons (Fsp3) is 0. The molecule has 0 saturated carbocycles. The quantitative estimate of drug-likeness (QED) is 0.217. The minimum atomic E-state index is 0.684. The molecular formula is C37H21NS2. The first-order chi connectivity index (χ1) is 19.8.